The van der Waals surface area contributed by atoms with Gasteiger partial charge >= 0.3 is 0 Å². The number of nitrogens with one attached hydrogen (secondary N) is 2. The molecule has 8 nitrogen and oxygen atoms in total. The SMILES string of the molecule is COCC(C)NC(=O)CNC(=O)c1cc(OC)c(OC)c(OC)c1. The summed E-state index contributed by atoms with van der Waals surface area (Å²) in [5.74, 6) is 0.382. The quantitative estimate of drug-likeness (QED) is 0.683. The number of carbonyl (C=O) groups excluding carboxylic acids is 2. The zero-order valence-electron chi connectivity index (χ0n) is 14.6. The van der Waals surface area contributed by atoms with Gasteiger partial charge in [-0.2, -0.15) is 0 Å². The highest BCUT2D eigenvalue weighted by molar-refractivity contribution is 5.97. The molecule has 134 valence electrons. The van der Waals surface area contributed by atoms with Gasteiger partial charge in [0.25, 0.3) is 5.91 Å². The summed E-state index contributed by atoms with van der Waals surface area (Å²) in [6.07, 6.45) is 0. The van der Waals surface area contributed by atoms with Crippen LogP contribution in [-0.4, -0.2) is 59.4 Å². The van der Waals surface area contributed by atoms with Crippen molar-refractivity contribution in [3.63, 3.8) is 0 Å². The van der Waals surface area contributed by atoms with E-state index in [1.165, 1.54) is 33.5 Å². The van der Waals surface area contributed by atoms with Crippen LogP contribution in [-0.2, 0) is 9.53 Å². The average Bonchev–Trinajstić information content (AvgIpc) is 2.58. The number of methoxy groups -OCH3 is 4. The number of carbonyl (C=O) groups is 2. The maximum absolute atomic E-state index is 12.2. The molecule has 0 radical (unpaired) electrons. The van der Waals surface area contributed by atoms with Crippen molar-refractivity contribution >= 4 is 11.8 Å². The molecule has 0 aromatic heterocycles. The summed E-state index contributed by atoms with van der Waals surface area (Å²) in [4.78, 5) is 24.0. The minimum Gasteiger partial charge on any atom is -0.493 e. The average molecular weight is 340 g/mol. The molecule has 8 heteroatoms. The molecule has 0 heterocycles. The first-order valence-corrected chi connectivity index (χ1v) is 7.33. The second-order valence-corrected chi connectivity index (χ2v) is 5.02. The Morgan fingerprint density at radius 1 is 1.04 bits per heavy atom. The fourth-order valence-corrected chi connectivity index (χ4v) is 2.09. The first kappa shape index (κ1) is 19.6. The van der Waals surface area contributed by atoms with Crippen molar-refractivity contribution in [3.8, 4) is 17.2 Å². The number of rotatable bonds is 9. The molecular formula is C16H24N2O6. The number of amides is 2. The lowest BCUT2D eigenvalue weighted by Gasteiger charge is -2.15. The smallest absolute Gasteiger partial charge is 0.251 e. The number of benzene rings is 1. The van der Waals surface area contributed by atoms with E-state index >= 15 is 0 Å². The minimum atomic E-state index is -0.427. The maximum atomic E-state index is 12.2. The van der Waals surface area contributed by atoms with Gasteiger partial charge in [0.15, 0.2) is 11.5 Å². The van der Waals surface area contributed by atoms with Crippen LogP contribution in [0.1, 0.15) is 17.3 Å². The van der Waals surface area contributed by atoms with Crippen LogP contribution in [0.25, 0.3) is 0 Å². The Morgan fingerprint density at radius 3 is 2.08 bits per heavy atom. The molecule has 1 aromatic rings. The third-order valence-electron chi connectivity index (χ3n) is 3.16. The number of ether oxygens (including phenoxy) is 4. The molecule has 24 heavy (non-hydrogen) atoms. The van der Waals surface area contributed by atoms with Crippen molar-refractivity contribution in [1.29, 1.82) is 0 Å². The zero-order chi connectivity index (χ0) is 18.1. The lowest BCUT2D eigenvalue weighted by Crippen LogP contribution is -2.42. The summed E-state index contributed by atoms with van der Waals surface area (Å²) >= 11 is 0. The van der Waals surface area contributed by atoms with Crippen LogP contribution in [0.3, 0.4) is 0 Å². The van der Waals surface area contributed by atoms with Gasteiger partial charge in [0.2, 0.25) is 11.7 Å². The van der Waals surface area contributed by atoms with Crippen molar-refractivity contribution in [2.45, 2.75) is 13.0 Å². The Kier molecular flexibility index (Phi) is 7.84. The van der Waals surface area contributed by atoms with Crippen LogP contribution in [0.15, 0.2) is 12.1 Å². The second kappa shape index (κ2) is 9.61. The predicted octanol–water partition coefficient (Wildman–Crippen LogP) is 0.593. The van der Waals surface area contributed by atoms with E-state index in [0.29, 0.717) is 29.4 Å². The largest absolute Gasteiger partial charge is 0.493 e. The summed E-state index contributed by atoms with van der Waals surface area (Å²) in [5, 5.41) is 5.25. The second-order valence-electron chi connectivity index (χ2n) is 5.02. The molecule has 1 aromatic carbocycles. The highest BCUT2D eigenvalue weighted by Gasteiger charge is 2.17. The zero-order valence-corrected chi connectivity index (χ0v) is 14.6. The van der Waals surface area contributed by atoms with Crippen LogP contribution >= 0.6 is 0 Å². The summed E-state index contributed by atoms with van der Waals surface area (Å²) < 4.78 is 20.5. The highest BCUT2D eigenvalue weighted by Crippen LogP contribution is 2.38. The predicted molar refractivity (Wildman–Crippen MR) is 87.9 cm³/mol. The Morgan fingerprint density at radius 2 is 1.62 bits per heavy atom. The van der Waals surface area contributed by atoms with Crippen molar-refractivity contribution in [1.82, 2.24) is 10.6 Å². The van der Waals surface area contributed by atoms with Crippen LogP contribution in [0.5, 0.6) is 17.2 Å². The van der Waals surface area contributed by atoms with E-state index in [0.717, 1.165) is 0 Å². The van der Waals surface area contributed by atoms with Crippen molar-refractivity contribution < 1.29 is 28.5 Å². The Hall–Kier alpha value is -2.48. The van der Waals surface area contributed by atoms with Crippen molar-refractivity contribution in [3.05, 3.63) is 17.7 Å². The number of hydrogen-bond acceptors (Lipinski definition) is 6. The highest BCUT2D eigenvalue weighted by atomic mass is 16.5. The Balaban J connectivity index is 2.76. The molecule has 0 spiro atoms. The summed E-state index contributed by atoms with van der Waals surface area (Å²) in [7, 11) is 5.95. The maximum Gasteiger partial charge on any atom is 0.251 e. The van der Waals surface area contributed by atoms with Crippen molar-refractivity contribution in [2.24, 2.45) is 0 Å². The molecule has 0 aliphatic heterocycles. The summed E-state index contributed by atoms with van der Waals surface area (Å²) in [6.45, 7) is 2.05. The minimum absolute atomic E-state index is 0.138. The molecule has 0 fully saturated rings. The molecule has 0 bridgehead atoms. The van der Waals surface area contributed by atoms with Gasteiger partial charge in [-0.3, -0.25) is 9.59 Å². The van der Waals surface area contributed by atoms with Crippen LogP contribution in [0.4, 0.5) is 0 Å². The molecule has 0 aliphatic rings. The van der Waals surface area contributed by atoms with Gasteiger partial charge in [0, 0.05) is 18.7 Å². The normalized spacial score (nSPS) is 11.4. The van der Waals surface area contributed by atoms with E-state index < -0.39 is 5.91 Å². The molecule has 0 saturated heterocycles. The third kappa shape index (κ3) is 5.31. The Labute approximate surface area is 141 Å². The summed E-state index contributed by atoms with van der Waals surface area (Å²) in [5.41, 5.74) is 0.294. The van der Waals surface area contributed by atoms with E-state index in [9.17, 15) is 9.59 Å². The van der Waals surface area contributed by atoms with Gasteiger partial charge in [-0.1, -0.05) is 0 Å². The molecule has 1 atom stereocenters. The van der Waals surface area contributed by atoms with Gasteiger partial charge in [-0.15, -0.1) is 0 Å². The molecular weight excluding hydrogens is 316 g/mol. The molecule has 1 rings (SSSR count). The number of hydrogen-bond donors (Lipinski definition) is 2. The Bertz CT molecular complexity index is 551. The van der Waals surface area contributed by atoms with E-state index in [4.69, 9.17) is 18.9 Å². The van der Waals surface area contributed by atoms with Gasteiger partial charge in [0.05, 0.1) is 34.5 Å². The van der Waals surface area contributed by atoms with Gasteiger partial charge in [0.1, 0.15) is 0 Å². The first-order chi connectivity index (χ1) is 11.5. The van der Waals surface area contributed by atoms with E-state index in [1.54, 1.807) is 7.11 Å². The molecule has 0 saturated carbocycles. The van der Waals surface area contributed by atoms with E-state index in [-0.39, 0.29) is 18.5 Å². The standard InChI is InChI=1S/C16H24N2O6/c1-10(9-21-2)18-14(19)8-17-16(20)11-6-12(22-3)15(24-5)13(7-11)23-4/h6-7,10H,8-9H2,1-5H3,(H,17,20)(H,18,19). The van der Waals surface area contributed by atoms with Gasteiger partial charge in [-0.05, 0) is 19.1 Å². The molecule has 2 N–H and O–H groups in total. The first-order valence-electron chi connectivity index (χ1n) is 7.33. The lowest BCUT2D eigenvalue weighted by molar-refractivity contribution is -0.121. The fraction of sp³-hybridized carbons (Fsp3) is 0.500. The van der Waals surface area contributed by atoms with Gasteiger partial charge < -0.3 is 29.6 Å². The van der Waals surface area contributed by atoms with Gasteiger partial charge in [-0.25, -0.2) is 0 Å². The summed E-state index contributed by atoms with van der Waals surface area (Å²) in [6, 6.07) is 2.89. The van der Waals surface area contributed by atoms with E-state index in [2.05, 4.69) is 10.6 Å². The third-order valence-corrected chi connectivity index (χ3v) is 3.16. The fourth-order valence-electron chi connectivity index (χ4n) is 2.09. The van der Waals surface area contributed by atoms with Crippen LogP contribution < -0.4 is 24.8 Å². The molecule has 2 amide bonds. The van der Waals surface area contributed by atoms with Crippen molar-refractivity contribution in [2.75, 3.05) is 41.6 Å². The lowest BCUT2D eigenvalue weighted by atomic mass is 10.1. The monoisotopic (exact) mass is 340 g/mol. The topological polar surface area (TPSA) is 95.1 Å². The molecule has 0 aliphatic carbocycles. The van der Waals surface area contributed by atoms with Crippen LogP contribution in [0, 0.1) is 0 Å². The van der Waals surface area contributed by atoms with E-state index in [1.807, 2.05) is 6.92 Å². The molecule has 1 unspecified atom stereocenters. The van der Waals surface area contributed by atoms with Crippen LogP contribution in [0.2, 0.25) is 0 Å².